The maximum Gasteiger partial charge on any atom is 0.410 e. The molecule has 0 spiro atoms. The molecule has 0 unspecified atom stereocenters. The lowest BCUT2D eigenvalue weighted by Crippen LogP contribution is -2.50. The van der Waals surface area contributed by atoms with E-state index in [1.807, 2.05) is 48.5 Å². The van der Waals surface area contributed by atoms with Crippen LogP contribution in [0.15, 0.2) is 4.99 Å². The van der Waals surface area contributed by atoms with Gasteiger partial charge in [0.25, 0.3) is 0 Å². The van der Waals surface area contributed by atoms with Gasteiger partial charge in [-0.15, -0.1) is 24.0 Å². The standard InChI is InChI=1S/C19H39N5O3.HI/c1-10-12-24(17(26)27-19(5,6)7)13-11-21-16(20-8)23(9)14-15(25)22-18(2,3)4;/h10-14H2,1-9H3,(H,20,21)(H,22,25);1H. The first-order valence-corrected chi connectivity index (χ1v) is 9.49. The first-order chi connectivity index (χ1) is 12.3. The first kappa shape index (κ1) is 28.9. The van der Waals surface area contributed by atoms with Crippen LogP contribution in [0.5, 0.6) is 0 Å². The van der Waals surface area contributed by atoms with Crippen molar-refractivity contribution in [1.29, 1.82) is 0 Å². The highest BCUT2D eigenvalue weighted by molar-refractivity contribution is 14.0. The van der Waals surface area contributed by atoms with Crippen LogP contribution in [0.25, 0.3) is 0 Å². The number of carbonyl (C=O) groups is 2. The van der Waals surface area contributed by atoms with Gasteiger partial charge in [0.15, 0.2) is 5.96 Å². The van der Waals surface area contributed by atoms with Crippen LogP contribution in [-0.2, 0) is 9.53 Å². The van der Waals surface area contributed by atoms with Crippen LogP contribution < -0.4 is 10.6 Å². The molecular weight excluding hydrogens is 473 g/mol. The molecule has 0 saturated heterocycles. The Morgan fingerprint density at radius 1 is 1.07 bits per heavy atom. The maximum atomic E-state index is 12.3. The summed E-state index contributed by atoms with van der Waals surface area (Å²) in [6, 6.07) is 0. The van der Waals surface area contributed by atoms with Crippen molar-refractivity contribution in [3.05, 3.63) is 0 Å². The number of rotatable bonds is 7. The molecule has 2 N–H and O–H groups in total. The van der Waals surface area contributed by atoms with E-state index in [9.17, 15) is 9.59 Å². The molecule has 9 heteroatoms. The van der Waals surface area contributed by atoms with Crippen LogP contribution in [0.1, 0.15) is 54.9 Å². The molecule has 0 aromatic heterocycles. The fourth-order valence-electron chi connectivity index (χ4n) is 2.33. The third-order valence-electron chi connectivity index (χ3n) is 3.28. The molecule has 166 valence electrons. The van der Waals surface area contributed by atoms with Crippen molar-refractivity contribution in [1.82, 2.24) is 20.4 Å². The Morgan fingerprint density at radius 3 is 2.07 bits per heavy atom. The SMILES string of the molecule is CCCN(CCNC(=NC)N(C)CC(=O)NC(C)(C)C)C(=O)OC(C)(C)C.I. The Labute approximate surface area is 187 Å². The first-order valence-electron chi connectivity index (χ1n) is 9.49. The van der Waals surface area contributed by atoms with Gasteiger partial charge in [-0.2, -0.15) is 0 Å². The summed E-state index contributed by atoms with van der Waals surface area (Å²) >= 11 is 0. The van der Waals surface area contributed by atoms with Crippen LogP contribution in [-0.4, -0.2) is 79.2 Å². The van der Waals surface area contributed by atoms with Gasteiger partial charge in [0.2, 0.25) is 5.91 Å². The van der Waals surface area contributed by atoms with E-state index in [1.165, 1.54) is 0 Å². The number of likely N-dealkylation sites (N-methyl/N-ethyl adjacent to an activating group) is 1. The van der Waals surface area contributed by atoms with E-state index in [4.69, 9.17) is 4.74 Å². The molecule has 0 bridgehead atoms. The molecule has 0 atom stereocenters. The van der Waals surface area contributed by atoms with E-state index < -0.39 is 5.60 Å². The van der Waals surface area contributed by atoms with Gasteiger partial charge in [-0.1, -0.05) is 6.92 Å². The highest BCUT2D eigenvalue weighted by atomic mass is 127. The fraction of sp³-hybridized carbons (Fsp3) is 0.842. The average Bonchev–Trinajstić information content (AvgIpc) is 2.46. The highest BCUT2D eigenvalue weighted by Crippen LogP contribution is 2.10. The van der Waals surface area contributed by atoms with Gasteiger partial charge in [-0.3, -0.25) is 9.79 Å². The summed E-state index contributed by atoms with van der Waals surface area (Å²) in [5, 5.41) is 6.11. The number of halogens is 1. The lowest BCUT2D eigenvalue weighted by molar-refractivity contribution is -0.122. The number of aliphatic imine (C=N–C) groups is 1. The number of nitrogens with zero attached hydrogens (tertiary/aromatic N) is 3. The third kappa shape index (κ3) is 13.8. The summed E-state index contributed by atoms with van der Waals surface area (Å²) in [5.41, 5.74) is -0.796. The highest BCUT2D eigenvalue weighted by Gasteiger charge is 2.22. The molecule has 0 fully saturated rings. The minimum Gasteiger partial charge on any atom is -0.444 e. The number of guanidine groups is 1. The number of carbonyl (C=O) groups excluding carboxylic acids is 2. The second kappa shape index (κ2) is 13.1. The van der Waals surface area contributed by atoms with E-state index in [0.29, 0.717) is 25.6 Å². The molecule has 0 aliphatic rings. The summed E-state index contributed by atoms with van der Waals surface area (Å²) in [4.78, 5) is 32.0. The molecule has 0 rings (SSSR count). The van der Waals surface area contributed by atoms with E-state index in [0.717, 1.165) is 6.42 Å². The zero-order valence-corrected chi connectivity index (χ0v) is 21.3. The second-order valence-electron chi connectivity index (χ2n) is 8.60. The monoisotopic (exact) mass is 513 g/mol. The lowest BCUT2D eigenvalue weighted by atomic mass is 10.1. The van der Waals surface area contributed by atoms with E-state index >= 15 is 0 Å². The van der Waals surface area contributed by atoms with Crippen LogP contribution in [0.2, 0.25) is 0 Å². The molecule has 0 aliphatic heterocycles. The minimum atomic E-state index is -0.521. The van der Waals surface area contributed by atoms with Crippen molar-refractivity contribution in [3.8, 4) is 0 Å². The molecule has 8 nitrogen and oxygen atoms in total. The lowest BCUT2D eigenvalue weighted by Gasteiger charge is -2.28. The van der Waals surface area contributed by atoms with Crippen LogP contribution in [0.3, 0.4) is 0 Å². The smallest absolute Gasteiger partial charge is 0.410 e. The Morgan fingerprint density at radius 2 is 1.64 bits per heavy atom. The number of hydrogen-bond donors (Lipinski definition) is 2. The van der Waals surface area contributed by atoms with Crippen molar-refractivity contribution < 1.29 is 14.3 Å². The maximum absolute atomic E-state index is 12.3. The Balaban J connectivity index is 0. The number of nitrogens with one attached hydrogen (secondary N) is 2. The molecule has 0 aromatic rings. The molecule has 28 heavy (non-hydrogen) atoms. The number of hydrogen-bond acceptors (Lipinski definition) is 4. The topological polar surface area (TPSA) is 86.3 Å². The quantitative estimate of drug-likeness (QED) is 0.311. The van der Waals surface area contributed by atoms with Gasteiger partial charge in [-0.05, 0) is 48.0 Å². The summed E-state index contributed by atoms with van der Waals surface area (Å²) in [6.07, 6.45) is 0.528. The van der Waals surface area contributed by atoms with Crippen LogP contribution in [0, 0.1) is 0 Å². The Hall–Kier alpha value is -1.26. The second-order valence-corrected chi connectivity index (χ2v) is 8.60. The van der Waals surface area contributed by atoms with Gasteiger partial charge in [0.05, 0.1) is 6.54 Å². The summed E-state index contributed by atoms with van der Waals surface area (Å²) < 4.78 is 5.45. The Bertz CT molecular complexity index is 513. The largest absolute Gasteiger partial charge is 0.444 e. The van der Waals surface area contributed by atoms with Crippen molar-refractivity contribution >= 4 is 41.9 Å². The summed E-state index contributed by atoms with van der Waals surface area (Å²) in [6.45, 7) is 15.2. The normalized spacial score (nSPS) is 12.0. The molecule has 0 aliphatic carbocycles. The molecular formula is C19H40IN5O3. The van der Waals surface area contributed by atoms with Gasteiger partial charge in [0, 0.05) is 39.3 Å². The fourth-order valence-corrected chi connectivity index (χ4v) is 2.33. The average molecular weight is 513 g/mol. The molecule has 0 heterocycles. The van der Waals surface area contributed by atoms with Crippen molar-refractivity contribution in [3.63, 3.8) is 0 Å². The van der Waals surface area contributed by atoms with E-state index in [1.54, 1.807) is 23.9 Å². The number of ether oxygens (including phenoxy) is 1. The predicted octanol–water partition coefficient (Wildman–Crippen LogP) is 2.67. The van der Waals surface area contributed by atoms with E-state index in [2.05, 4.69) is 15.6 Å². The van der Waals surface area contributed by atoms with Gasteiger partial charge in [0.1, 0.15) is 5.60 Å². The van der Waals surface area contributed by atoms with Crippen LogP contribution in [0.4, 0.5) is 4.79 Å². The van der Waals surface area contributed by atoms with Crippen molar-refractivity contribution in [2.45, 2.75) is 66.0 Å². The third-order valence-corrected chi connectivity index (χ3v) is 3.28. The van der Waals surface area contributed by atoms with Gasteiger partial charge < -0.3 is 25.2 Å². The minimum absolute atomic E-state index is 0. The van der Waals surface area contributed by atoms with Crippen LogP contribution >= 0.6 is 24.0 Å². The van der Waals surface area contributed by atoms with Crippen molar-refractivity contribution in [2.24, 2.45) is 4.99 Å². The zero-order valence-electron chi connectivity index (χ0n) is 19.0. The van der Waals surface area contributed by atoms with Gasteiger partial charge in [-0.25, -0.2) is 4.79 Å². The molecule has 0 aromatic carbocycles. The van der Waals surface area contributed by atoms with E-state index in [-0.39, 0.29) is 48.1 Å². The zero-order chi connectivity index (χ0) is 21.3. The predicted molar refractivity (Wildman–Crippen MR) is 125 cm³/mol. The number of amides is 2. The summed E-state index contributed by atoms with van der Waals surface area (Å²) in [7, 11) is 3.47. The summed E-state index contributed by atoms with van der Waals surface area (Å²) in [5.74, 6) is 0.522. The molecule has 2 amide bonds. The molecule has 0 radical (unpaired) electrons. The van der Waals surface area contributed by atoms with Crippen molar-refractivity contribution in [2.75, 3.05) is 40.3 Å². The van der Waals surface area contributed by atoms with Gasteiger partial charge >= 0.3 is 6.09 Å². The molecule has 0 saturated carbocycles. The Kier molecular flexibility index (Phi) is 13.5.